The van der Waals surface area contributed by atoms with E-state index in [4.69, 9.17) is 9.47 Å². The van der Waals surface area contributed by atoms with Crippen molar-refractivity contribution in [1.29, 1.82) is 0 Å². The van der Waals surface area contributed by atoms with E-state index in [2.05, 4.69) is 23.5 Å². The molecule has 2 aromatic rings. The second-order valence-electron chi connectivity index (χ2n) is 7.53. The molecule has 1 aliphatic rings. The number of rotatable bonds is 8. The second kappa shape index (κ2) is 10.1. The molecule has 0 saturated carbocycles. The molecule has 0 heterocycles. The van der Waals surface area contributed by atoms with Gasteiger partial charge in [0.25, 0.3) is 5.91 Å². The molecule has 1 aliphatic carbocycles. The summed E-state index contributed by atoms with van der Waals surface area (Å²) in [4.78, 5) is 24.1. The average molecular weight is 395 g/mol. The third kappa shape index (κ3) is 6.08. The Hall–Kier alpha value is -2.82. The Labute approximate surface area is 172 Å². The summed E-state index contributed by atoms with van der Waals surface area (Å²) >= 11 is 0. The second-order valence-corrected chi connectivity index (χ2v) is 7.53. The molecule has 1 amide bonds. The van der Waals surface area contributed by atoms with Crippen molar-refractivity contribution in [2.24, 2.45) is 0 Å². The van der Waals surface area contributed by atoms with Crippen LogP contribution in [0.15, 0.2) is 42.5 Å². The number of benzene rings is 2. The highest BCUT2D eigenvalue weighted by Gasteiger charge is 2.15. The molecule has 29 heavy (non-hydrogen) atoms. The fraction of sp³-hybridized carbons (Fsp3) is 0.417. The zero-order valence-corrected chi connectivity index (χ0v) is 17.2. The van der Waals surface area contributed by atoms with E-state index in [1.165, 1.54) is 24.0 Å². The van der Waals surface area contributed by atoms with Gasteiger partial charge in [-0.2, -0.15) is 0 Å². The van der Waals surface area contributed by atoms with Gasteiger partial charge in [-0.25, -0.2) is 0 Å². The number of nitrogens with one attached hydrogen (secondary N) is 1. The van der Waals surface area contributed by atoms with Crippen molar-refractivity contribution < 1.29 is 19.1 Å². The Morgan fingerprint density at radius 3 is 2.48 bits per heavy atom. The van der Waals surface area contributed by atoms with Crippen molar-refractivity contribution in [3.63, 3.8) is 0 Å². The highest BCUT2D eigenvalue weighted by molar-refractivity contribution is 5.80. The van der Waals surface area contributed by atoms with Gasteiger partial charge in [0.15, 0.2) is 6.61 Å². The van der Waals surface area contributed by atoms with Crippen LogP contribution in [-0.2, 0) is 33.6 Å². The van der Waals surface area contributed by atoms with E-state index in [1.807, 2.05) is 31.2 Å². The van der Waals surface area contributed by atoms with Gasteiger partial charge in [0, 0.05) is 6.42 Å². The van der Waals surface area contributed by atoms with Crippen LogP contribution in [0.25, 0.3) is 0 Å². The lowest BCUT2D eigenvalue weighted by molar-refractivity contribution is -0.148. The number of methoxy groups -OCH3 is 1. The molecule has 0 aromatic heterocycles. The SMILES string of the molecule is COc1ccc(CCC(=O)OCC(=O)N[C@@H](C)c2ccc3c(c2)CCCC3)cc1. The first-order valence-corrected chi connectivity index (χ1v) is 10.2. The van der Waals surface area contributed by atoms with Gasteiger partial charge in [-0.1, -0.05) is 30.3 Å². The maximum atomic E-state index is 12.2. The zero-order valence-electron chi connectivity index (χ0n) is 17.2. The van der Waals surface area contributed by atoms with Crippen molar-refractivity contribution in [3.05, 3.63) is 64.7 Å². The molecule has 0 unspecified atom stereocenters. The fourth-order valence-corrected chi connectivity index (χ4v) is 3.65. The van der Waals surface area contributed by atoms with Crippen LogP contribution in [0.2, 0.25) is 0 Å². The van der Waals surface area contributed by atoms with Crippen molar-refractivity contribution in [2.45, 2.75) is 51.5 Å². The summed E-state index contributed by atoms with van der Waals surface area (Å²) in [5.41, 5.74) is 4.92. The van der Waals surface area contributed by atoms with Gasteiger partial charge in [0.1, 0.15) is 5.75 Å². The van der Waals surface area contributed by atoms with Crippen LogP contribution in [0, 0.1) is 0 Å². The van der Waals surface area contributed by atoms with E-state index in [-0.39, 0.29) is 30.9 Å². The molecule has 0 radical (unpaired) electrons. The number of esters is 1. The minimum atomic E-state index is -0.377. The summed E-state index contributed by atoms with van der Waals surface area (Å²) in [5.74, 6) is 0.117. The Bertz CT molecular complexity index is 844. The van der Waals surface area contributed by atoms with Crippen molar-refractivity contribution in [2.75, 3.05) is 13.7 Å². The number of aryl methyl sites for hydroxylation is 3. The number of hydrogen-bond acceptors (Lipinski definition) is 4. The van der Waals surface area contributed by atoms with E-state index in [1.54, 1.807) is 7.11 Å². The smallest absolute Gasteiger partial charge is 0.306 e. The van der Waals surface area contributed by atoms with Crippen molar-refractivity contribution in [1.82, 2.24) is 5.32 Å². The number of fused-ring (bicyclic) bond motifs is 1. The van der Waals surface area contributed by atoms with Crippen LogP contribution < -0.4 is 10.1 Å². The molecule has 154 valence electrons. The third-order valence-electron chi connectivity index (χ3n) is 5.39. The highest BCUT2D eigenvalue weighted by Crippen LogP contribution is 2.24. The first-order valence-electron chi connectivity index (χ1n) is 10.2. The maximum absolute atomic E-state index is 12.2. The molecular weight excluding hydrogens is 366 g/mol. The van der Waals surface area contributed by atoms with Gasteiger partial charge in [-0.15, -0.1) is 0 Å². The summed E-state index contributed by atoms with van der Waals surface area (Å²) in [6, 6.07) is 13.9. The highest BCUT2D eigenvalue weighted by atomic mass is 16.5. The Morgan fingerprint density at radius 1 is 1.03 bits per heavy atom. The monoisotopic (exact) mass is 395 g/mol. The molecule has 0 aliphatic heterocycles. The van der Waals surface area contributed by atoms with Crippen LogP contribution in [0.4, 0.5) is 0 Å². The molecule has 0 bridgehead atoms. The van der Waals surface area contributed by atoms with Crippen molar-refractivity contribution >= 4 is 11.9 Å². The molecule has 3 rings (SSSR count). The summed E-state index contributed by atoms with van der Waals surface area (Å²) in [6.45, 7) is 1.70. The standard InChI is InChI=1S/C24H29NO4/c1-17(20-11-10-19-5-3-4-6-21(19)15-20)25-23(26)16-29-24(27)14-9-18-7-12-22(28-2)13-8-18/h7-8,10-13,15,17H,3-6,9,14,16H2,1-2H3,(H,25,26)/t17-/m0/s1. The number of carbonyl (C=O) groups is 2. The lowest BCUT2D eigenvalue weighted by Gasteiger charge is -2.20. The predicted molar refractivity (Wildman–Crippen MR) is 112 cm³/mol. The van der Waals surface area contributed by atoms with Crippen LogP contribution in [0.3, 0.4) is 0 Å². The van der Waals surface area contributed by atoms with Gasteiger partial charge < -0.3 is 14.8 Å². The summed E-state index contributed by atoms with van der Waals surface area (Å²) in [6.07, 6.45) is 5.53. The summed E-state index contributed by atoms with van der Waals surface area (Å²) in [7, 11) is 1.61. The summed E-state index contributed by atoms with van der Waals surface area (Å²) in [5, 5.41) is 2.91. The number of ether oxygens (including phenoxy) is 2. The molecule has 0 spiro atoms. The third-order valence-corrected chi connectivity index (χ3v) is 5.39. The molecule has 5 nitrogen and oxygen atoms in total. The predicted octanol–water partition coefficient (Wildman–Crippen LogP) is 3.93. The van der Waals surface area contributed by atoms with Gasteiger partial charge in [0.05, 0.1) is 13.2 Å². The van der Waals surface area contributed by atoms with E-state index in [0.29, 0.717) is 6.42 Å². The zero-order chi connectivity index (χ0) is 20.6. The Balaban J connectivity index is 1.41. The van der Waals surface area contributed by atoms with Gasteiger partial charge in [-0.05, 0) is 73.4 Å². The van der Waals surface area contributed by atoms with E-state index in [0.717, 1.165) is 29.7 Å². The quantitative estimate of drug-likeness (QED) is 0.688. The first-order chi connectivity index (χ1) is 14.0. The van der Waals surface area contributed by atoms with E-state index < -0.39 is 0 Å². The molecule has 1 N–H and O–H groups in total. The first kappa shape index (κ1) is 20.9. The Morgan fingerprint density at radius 2 is 1.76 bits per heavy atom. The maximum Gasteiger partial charge on any atom is 0.306 e. The molecule has 1 atom stereocenters. The Kier molecular flexibility index (Phi) is 7.28. The minimum Gasteiger partial charge on any atom is -0.497 e. The van der Waals surface area contributed by atoms with E-state index >= 15 is 0 Å². The molecular formula is C24H29NO4. The van der Waals surface area contributed by atoms with Crippen LogP contribution in [0.5, 0.6) is 5.75 Å². The minimum absolute atomic E-state index is 0.118. The average Bonchev–Trinajstić information content (AvgIpc) is 2.76. The number of amides is 1. The van der Waals surface area contributed by atoms with E-state index in [9.17, 15) is 9.59 Å². The summed E-state index contributed by atoms with van der Waals surface area (Å²) < 4.78 is 10.2. The normalized spacial score (nSPS) is 13.9. The lowest BCUT2D eigenvalue weighted by Crippen LogP contribution is -2.31. The van der Waals surface area contributed by atoms with Crippen molar-refractivity contribution in [3.8, 4) is 5.75 Å². The van der Waals surface area contributed by atoms with Gasteiger partial charge in [-0.3, -0.25) is 9.59 Å². The van der Waals surface area contributed by atoms with Gasteiger partial charge >= 0.3 is 5.97 Å². The largest absolute Gasteiger partial charge is 0.497 e. The molecule has 2 aromatic carbocycles. The lowest BCUT2D eigenvalue weighted by atomic mass is 9.89. The van der Waals surface area contributed by atoms with Crippen LogP contribution in [0.1, 0.15) is 54.5 Å². The molecule has 5 heteroatoms. The molecule has 0 saturated heterocycles. The fourth-order valence-electron chi connectivity index (χ4n) is 3.65. The number of carbonyl (C=O) groups excluding carboxylic acids is 2. The van der Waals surface area contributed by atoms with Gasteiger partial charge in [0.2, 0.25) is 0 Å². The molecule has 0 fully saturated rings. The van der Waals surface area contributed by atoms with Crippen LogP contribution >= 0.6 is 0 Å². The van der Waals surface area contributed by atoms with Crippen LogP contribution in [-0.4, -0.2) is 25.6 Å². The topological polar surface area (TPSA) is 64.6 Å². The number of hydrogen-bond donors (Lipinski definition) is 1.